The number of pyridine rings is 2. The molecule has 0 aromatic carbocycles. The molecule has 0 fully saturated rings. The molecule has 2 aromatic heterocycles. The first-order chi connectivity index (χ1) is 10.6. The van der Waals surface area contributed by atoms with Crippen molar-refractivity contribution in [1.29, 1.82) is 0 Å². The van der Waals surface area contributed by atoms with Crippen molar-refractivity contribution in [2.75, 3.05) is 19.0 Å². The molecule has 0 radical (unpaired) electrons. The molecule has 2 rings (SSSR count). The van der Waals surface area contributed by atoms with E-state index in [9.17, 15) is 14.4 Å². The first kappa shape index (κ1) is 15.2. The van der Waals surface area contributed by atoms with Crippen LogP contribution < -0.4 is 20.8 Å². The number of aromatic nitrogens is 2. The molecule has 8 nitrogen and oxygen atoms in total. The number of nitrogens with zero attached hydrogens (tertiary/aromatic N) is 1. The topological polar surface area (TPSA) is 113 Å². The molecule has 8 heteroatoms. The second kappa shape index (κ2) is 7.02. The Morgan fingerprint density at radius 2 is 2.18 bits per heavy atom. The summed E-state index contributed by atoms with van der Waals surface area (Å²) < 4.78 is 4.80. The number of aromatic amines is 1. The Bertz CT molecular complexity index is 727. The van der Waals surface area contributed by atoms with Crippen molar-refractivity contribution >= 4 is 17.6 Å². The molecule has 0 bridgehead atoms. The van der Waals surface area contributed by atoms with Crippen LogP contribution in [0.2, 0.25) is 0 Å². The molecule has 0 aliphatic rings. The Morgan fingerprint density at radius 3 is 2.82 bits per heavy atom. The van der Waals surface area contributed by atoms with Gasteiger partial charge in [0.2, 0.25) is 11.3 Å². The summed E-state index contributed by atoms with van der Waals surface area (Å²) in [5.41, 5.74) is -0.388. The van der Waals surface area contributed by atoms with E-state index in [1.54, 1.807) is 18.2 Å². The van der Waals surface area contributed by atoms with Crippen LogP contribution in [0, 0.1) is 0 Å². The van der Waals surface area contributed by atoms with Crippen LogP contribution in [-0.2, 0) is 4.79 Å². The highest BCUT2D eigenvalue weighted by atomic mass is 16.5. The second-order valence-electron chi connectivity index (χ2n) is 4.23. The lowest BCUT2D eigenvalue weighted by molar-refractivity contribution is -0.115. The number of rotatable bonds is 5. The molecular weight excluding hydrogens is 288 g/mol. The minimum absolute atomic E-state index is 0.0384. The third kappa shape index (κ3) is 3.92. The number of carbonyl (C=O) groups excluding carboxylic acids is 2. The number of carbonyl (C=O) groups is 2. The van der Waals surface area contributed by atoms with Gasteiger partial charge >= 0.3 is 0 Å². The molecule has 2 amide bonds. The van der Waals surface area contributed by atoms with Crippen molar-refractivity contribution in [1.82, 2.24) is 15.3 Å². The lowest BCUT2D eigenvalue weighted by Crippen LogP contribution is -2.33. The second-order valence-corrected chi connectivity index (χ2v) is 4.23. The lowest BCUT2D eigenvalue weighted by Gasteiger charge is -2.06. The minimum atomic E-state index is -0.573. The number of methoxy groups -OCH3 is 1. The van der Waals surface area contributed by atoms with Gasteiger partial charge in [-0.25, -0.2) is 4.98 Å². The summed E-state index contributed by atoms with van der Waals surface area (Å²) in [4.78, 5) is 41.6. The predicted octanol–water partition coefficient (Wildman–Crippen LogP) is 0.147. The fourth-order valence-corrected chi connectivity index (χ4v) is 1.63. The van der Waals surface area contributed by atoms with E-state index >= 15 is 0 Å². The Hall–Kier alpha value is -3.16. The molecule has 0 atom stereocenters. The number of nitrogens with one attached hydrogen (secondary N) is 3. The van der Waals surface area contributed by atoms with Crippen LogP contribution in [0.1, 0.15) is 10.5 Å². The van der Waals surface area contributed by atoms with Gasteiger partial charge in [-0.3, -0.25) is 14.4 Å². The van der Waals surface area contributed by atoms with Crippen LogP contribution in [0.5, 0.6) is 5.75 Å². The molecule has 0 saturated carbocycles. The van der Waals surface area contributed by atoms with Gasteiger partial charge in [-0.05, 0) is 12.1 Å². The van der Waals surface area contributed by atoms with E-state index in [1.807, 2.05) is 0 Å². The standard InChI is InChI=1S/C14H14N4O4/c1-22-11-7-16-9(6-10(11)19)14(21)17-8-13(20)18-12-4-2-3-5-15-12/h2-7H,8H2,1H3,(H,16,19)(H,17,21)(H,15,18,20). The van der Waals surface area contributed by atoms with E-state index in [4.69, 9.17) is 4.74 Å². The first-order valence-corrected chi connectivity index (χ1v) is 6.36. The molecule has 114 valence electrons. The van der Waals surface area contributed by atoms with E-state index < -0.39 is 17.2 Å². The lowest BCUT2D eigenvalue weighted by atomic mass is 10.3. The molecule has 2 aromatic rings. The van der Waals surface area contributed by atoms with E-state index in [-0.39, 0.29) is 18.0 Å². The molecule has 0 aliphatic heterocycles. The predicted molar refractivity (Wildman–Crippen MR) is 78.8 cm³/mol. The van der Waals surface area contributed by atoms with Crippen LogP contribution in [-0.4, -0.2) is 35.4 Å². The van der Waals surface area contributed by atoms with Crippen LogP contribution in [0.25, 0.3) is 0 Å². The van der Waals surface area contributed by atoms with Gasteiger partial charge in [0, 0.05) is 18.5 Å². The molecule has 3 N–H and O–H groups in total. The van der Waals surface area contributed by atoms with Crippen molar-refractivity contribution in [3.8, 4) is 5.75 Å². The van der Waals surface area contributed by atoms with Crippen molar-refractivity contribution in [2.45, 2.75) is 0 Å². The highest BCUT2D eigenvalue weighted by Crippen LogP contribution is 2.01. The maximum Gasteiger partial charge on any atom is 0.268 e. The van der Waals surface area contributed by atoms with Crippen molar-refractivity contribution in [3.63, 3.8) is 0 Å². The summed E-state index contributed by atoms with van der Waals surface area (Å²) in [6.45, 7) is -0.247. The zero-order valence-electron chi connectivity index (χ0n) is 11.8. The number of hydrogen-bond donors (Lipinski definition) is 3. The van der Waals surface area contributed by atoms with Gasteiger partial charge < -0.3 is 20.4 Å². The molecule has 0 spiro atoms. The summed E-state index contributed by atoms with van der Waals surface area (Å²) in [6, 6.07) is 6.17. The summed E-state index contributed by atoms with van der Waals surface area (Å²) in [6.07, 6.45) is 2.82. The highest BCUT2D eigenvalue weighted by Gasteiger charge is 2.11. The number of ether oxygens (including phenoxy) is 1. The molecule has 2 heterocycles. The fraction of sp³-hybridized carbons (Fsp3) is 0.143. The first-order valence-electron chi connectivity index (χ1n) is 6.36. The van der Waals surface area contributed by atoms with E-state index in [0.29, 0.717) is 5.82 Å². The number of amides is 2. The normalized spacial score (nSPS) is 9.86. The summed E-state index contributed by atoms with van der Waals surface area (Å²) in [7, 11) is 1.35. The van der Waals surface area contributed by atoms with Gasteiger partial charge in [0.05, 0.1) is 13.7 Å². The maximum absolute atomic E-state index is 11.8. The number of H-pyrrole nitrogens is 1. The molecule has 0 aliphatic carbocycles. The molecular formula is C14H14N4O4. The minimum Gasteiger partial charge on any atom is -0.491 e. The molecule has 22 heavy (non-hydrogen) atoms. The van der Waals surface area contributed by atoms with Gasteiger partial charge in [-0.15, -0.1) is 0 Å². The van der Waals surface area contributed by atoms with Crippen molar-refractivity contribution in [2.24, 2.45) is 0 Å². The third-order valence-electron chi connectivity index (χ3n) is 2.68. The Morgan fingerprint density at radius 1 is 1.36 bits per heavy atom. The van der Waals surface area contributed by atoms with Crippen LogP contribution in [0.15, 0.2) is 41.5 Å². The average molecular weight is 302 g/mol. The van der Waals surface area contributed by atoms with Gasteiger partial charge in [-0.2, -0.15) is 0 Å². The highest BCUT2D eigenvalue weighted by molar-refractivity contribution is 5.98. The molecule has 0 saturated heterocycles. The van der Waals surface area contributed by atoms with Gasteiger partial charge in [0.1, 0.15) is 11.5 Å². The molecule has 0 unspecified atom stereocenters. The summed E-state index contributed by atoms with van der Waals surface area (Å²) in [5.74, 6) is -0.511. The van der Waals surface area contributed by atoms with E-state index in [2.05, 4.69) is 20.6 Å². The van der Waals surface area contributed by atoms with Gasteiger partial charge in [0.25, 0.3) is 5.91 Å². The van der Waals surface area contributed by atoms with Crippen molar-refractivity contribution < 1.29 is 14.3 Å². The Balaban J connectivity index is 1.91. The van der Waals surface area contributed by atoms with Crippen molar-refractivity contribution in [3.05, 3.63) is 52.6 Å². The van der Waals surface area contributed by atoms with Crippen LogP contribution in [0.3, 0.4) is 0 Å². The van der Waals surface area contributed by atoms with E-state index in [1.165, 1.54) is 19.5 Å². The van der Waals surface area contributed by atoms with Crippen LogP contribution in [0.4, 0.5) is 5.82 Å². The summed E-state index contributed by atoms with van der Waals surface area (Å²) >= 11 is 0. The monoisotopic (exact) mass is 302 g/mol. The van der Waals surface area contributed by atoms with Crippen LogP contribution >= 0.6 is 0 Å². The quantitative estimate of drug-likeness (QED) is 0.727. The SMILES string of the molecule is COc1c[nH]c(C(=O)NCC(=O)Nc2ccccn2)cc1=O. The van der Waals surface area contributed by atoms with E-state index in [0.717, 1.165) is 6.07 Å². The Labute approximate surface area is 125 Å². The maximum atomic E-state index is 11.8. The third-order valence-corrected chi connectivity index (χ3v) is 2.68. The average Bonchev–Trinajstić information content (AvgIpc) is 2.53. The largest absolute Gasteiger partial charge is 0.491 e. The Kier molecular flexibility index (Phi) is 4.86. The smallest absolute Gasteiger partial charge is 0.268 e. The number of hydrogen-bond acceptors (Lipinski definition) is 5. The van der Waals surface area contributed by atoms with Gasteiger partial charge in [0.15, 0.2) is 5.75 Å². The zero-order valence-corrected chi connectivity index (χ0v) is 11.8. The fourth-order valence-electron chi connectivity index (χ4n) is 1.63. The van der Waals surface area contributed by atoms with Gasteiger partial charge in [-0.1, -0.05) is 6.07 Å². The zero-order chi connectivity index (χ0) is 15.9. The number of anilines is 1. The summed E-state index contributed by atoms with van der Waals surface area (Å²) in [5, 5.41) is 4.92.